The minimum Gasteiger partial charge on any atom is -0.453 e. The highest BCUT2D eigenvalue weighted by atomic mass is 16.5. The van der Waals surface area contributed by atoms with E-state index in [1.165, 1.54) is 59.5 Å². The molecule has 306 valence electrons. The van der Waals surface area contributed by atoms with Gasteiger partial charge in [-0.25, -0.2) is 4.98 Å². The maximum Gasteiger partial charge on any atom is 0.152 e. The Bertz CT molecular complexity index is 4390. The van der Waals surface area contributed by atoms with Crippen molar-refractivity contribution in [2.24, 2.45) is 0 Å². The molecule has 5 nitrogen and oxygen atoms in total. The van der Waals surface area contributed by atoms with Gasteiger partial charge in [0, 0.05) is 32.9 Å². The van der Waals surface area contributed by atoms with Crippen LogP contribution in [-0.2, 0) is 0 Å². The maximum absolute atomic E-state index is 7.18. The van der Waals surface area contributed by atoms with Gasteiger partial charge in [-0.05, 0) is 134 Å². The van der Waals surface area contributed by atoms with Crippen molar-refractivity contribution in [3.8, 4) is 28.3 Å². The van der Waals surface area contributed by atoms with Crippen LogP contribution in [-0.4, -0.2) is 14.0 Å². The molecule has 11 aromatic carbocycles. The van der Waals surface area contributed by atoms with Crippen LogP contribution in [0.1, 0.15) is 0 Å². The highest BCUT2D eigenvalue weighted by molar-refractivity contribution is 6.26. The van der Waals surface area contributed by atoms with Crippen molar-refractivity contribution in [2.45, 2.75) is 0 Å². The fraction of sp³-hybridized carbons (Fsp3) is 0. The molecule has 15 rings (SSSR count). The fourth-order valence-corrected chi connectivity index (χ4v) is 11.1. The zero-order valence-electron chi connectivity index (χ0n) is 35.5. The number of rotatable bonds is 3. The molecule has 0 bridgehead atoms. The van der Waals surface area contributed by atoms with Crippen LogP contribution in [0, 0.1) is 0 Å². The van der Waals surface area contributed by atoms with Crippen molar-refractivity contribution >= 4 is 110 Å². The molecule has 0 fully saturated rings. The van der Waals surface area contributed by atoms with E-state index in [4.69, 9.17) is 9.72 Å². The summed E-state index contributed by atoms with van der Waals surface area (Å²) in [5.74, 6) is 1.61. The van der Waals surface area contributed by atoms with Crippen molar-refractivity contribution in [1.82, 2.24) is 14.0 Å². The second-order valence-electron chi connectivity index (χ2n) is 17.5. The molecule has 5 heteroatoms. The summed E-state index contributed by atoms with van der Waals surface area (Å²) in [6.07, 6.45) is 0. The largest absolute Gasteiger partial charge is 0.453 e. The fourth-order valence-electron chi connectivity index (χ4n) is 11.1. The summed E-state index contributed by atoms with van der Waals surface area (Å²) in [7, 11) is 0. The molecule has 0 radical (unpaired) electrons. The highest BCUT2D eigenvalue weighted by Crippen LogP contribution is 2.54. The topological polar surface area (TPSA) is 34.7 Å². The third-order valence-electron chi connectivity index (χ3n) is 14.0. The van der Waals surface area contributed by atoms with Gasteiger partial charge in [0.05, 0.1) is 39.0 Å². The lowest BCUT2D eigenvalue weighted by molar-refractivity contribution is 0.478. The first-order valence-corrected chi connectivity index (χ1v) is 22.5. The minimum absolute atomic E-state index is 0.799. The van der Waals surface area contributed by atoms with Gasteiger partial charge >= 0.3 is 0 Å². The Morgan fingerprint density at radius 1 is 0.318 bits per heavy atom. The van der Waals surface area contributed by atoms with Crippen molar-refractivity contribution in [2.75, 3.05) is 4.90 Å². The SMILES string of the molecule is c1ccc(-n2c3ccccc3c3ccc(-c4ccc5c(c4)Oc4cc6c7ccccc7c7ccccc7c6cc4N5c4ccc5c(c4)c4ccccc4n4c6ccccc6nc54)cc32)cc1. The number of ether oxygens (including phenoxy) is 1. The monoisotopic (exact) mass is 840 g/mol. The Balaban J connectivity index is 0.980. The van der Waals surface area contributed by atoms with Gasteiger partial charge in [-0.15, -0.1) is 0 Å². The Morgan fingerprint density at radius 2 is 0.864 bits per heavy atom. The number of para-hydroxylation sites is 5. The van der Waals surface area contributed by atoms with E-state index in [1.54, 1.807) is 0 Å². The molecule has 0 saturated carbocycles. The predicted molar refractivity (Wildman–Crippen MR) is 275 cm³/mol. The lowest BCUT2D eigenvalue weighted by Crippen LogP contribution is -2.16. The van der Waals surface area contributed by atoms with E-state index >= 15 is 0 Å². The summed E-state index contributed by atoms with van der Waals surface area (Å²) in [4.78, 5) is 7.62. The van der Waals surface area contributed by atoms with Crippen LogP contribution in [0.3, 0.4) is 0 Å². The number of pyridine rings is 1. The first-order chi connectivity index (χ1) is 32.7. The molecule has 14 aromatic rings. The zero-order chi connectivity index (χ0) is 43.0. The zero-order valence-corrected chi connectivity index (χ0v) is 35.5. The molecular weight excluding hydrogens is 805 g/mol. The van der Waals surface area contributed by atoms with Crippen molar-refractivity contribution in [3.63, 3.8) is 0 Å². The quantitative estimate of drug-likeness (QED) is 0.166. The molecule has 4 heterocycles. The second-order valence-corrected chi connectivity index (χ2v) is 17.5. The Labute approximate surface area is 378 Å². The van der Waals surface area contributed by atoms with Gasteiger partial charge in [0.1, 0.15) is 5.65 Å². The maximum atomic E-state index is 7.18. The smallest absolute Gasteiger partial charge is 0.152 e. The van der Waals surface area contributed by atoms with Crippen LogP contribution >= 0.6 is 0 Å². The summed E-state index contributed by atoms with van der Waals surface area (Å²) >= 11 is 0. The van der Waals surface area contributed by atoms with E-state index in [1.807, 2.05) is 0 Å². The van der Waals surface area contributed by atoms with Gasteiger partial charge in [-0.3, -0.25) is 4.40 Å². The normalized spacial score (nSPS) is 12.6. The predicted octanol–water partition coefficient (Wildman–Crippen LogP) is 16.6. The van der Waals surface area contributed by atoms with Crippen LogP contribution in [0.25, 0.3) is 109 Å². The van der Waals surface area contributed by atoms with Crippen LogP contribution in [0.5, 0.6) is 11.5 Å². The molecule has 3 aromatic heterocycles. The standard InChI is InChI=1S/C61H36N4O/c1-2-14-39(15-3-1)63-53-23-11-8-20-45(53)47-29-26-37(32-57(47)63)38-27-31-56-59(33-38)66-60-36-51-44-19-7-5-17-42(44)41-16-4-6-18-43(41)50(51)35-58(60)64(56)40-28-30-48-49(34-40)46-21-9-12-24-54(46)65-55-25-13-10-22-52(55)62-61(48)65/h1-36H. The van der Waals surface area contributed by atoms with Gasteiger partial charge < -0.3 is 14.2 Å². The molecule has 0 N–H and O–H groups in total. The number of aromatic nitrogens is 3. The van der Waals surface area contributed by atoms with Crippen LogP contribution < -0.4 is 9.64 Å². The number of hydrogen-bond acceptors (Lipinski definition) is 3. The molecule has 66 heavy (non-hydrogen) atoms. The number of nitrogens with zero attached hydrogens (tertiary/aromatic N) is 4. The van der Waals surface area contributed by atoms with E-state index in [-0.39, 0.29) is 0 Å². The van der Waals surface area contributed by atoms with E-state index in [9.17, 15) is 0 Å². The lowest BCUT2D eigenvalue weighted by Gasteiger charge is -2.34. The average molecular weight is 841 g/mol. The molecule has 1 aliphatic heterocycles. The number of fused-ring (bicyclic) bond motifs is 19. The van der Waals surface area contributed by atoms with E-state index in [0.717, 1.165) is 78.3 Å². The van der Waals surface area contributed by atoms with Gasteiger partial charge in [-0.2, -0.15) is 0 Å². The van der Waals surface area contributed by atoms with Crippen LogP contribution in [0.15, 0.2) is 218 Å². The second kappa shape index (κ2) is 13.3. The molecule has 0 atom stereocenters. The Hall–Kier alpha value is -8.93. The number of hydrogen-bond donors (Lipinski definition) is 0. The van der Waals surface area contributed by atoms with Crippen LogP contribution in [0.2, 0.25) is 0 Å². The molecule has 0 saturated heterocycles. The third kappa shape index (κ3) is 4.91. The van der Waals surface area contributed by atoms with E-state index in [0.29, 0.717) is 0 Å². The molecule has 0 spiro atoms. The van der Waals surface area contributed by atoms with Gasteiger partial charge in [0.15, 0.2) is 11.5 Å². The molecule has 0 unspecified atom stereocenters. The molecule has 1 aliphatic rings. The van der Waals surface area contributed by atoms with Gasteiger partial charge in [-0.1, -0.05) is 133 Å². The summed E-state index contributed by atoms with van der Waals surface area (Å²) in [5.41, 5.74) is 12.9. The number of imidazole rings is 1. The van der Waals surface area contributed by atoms with Crippen molar-refractivity contribution in [3.05, 3.63) is 218 Å². The lowest BCUT2D eigenvalue weighted by atomic mass is 9.93. The minimum atomic E-state index is 0.799. The van der Waals surface area contributed by atoms with Gasteiger partial charge in [0.2, 0.25) is 0 Å². The highest BCUT2D eigenvalue weighted by Gasteiger charge is 2.29. The first kappa shape index (κ1) is 35.5. The van der Waals surface area contributed by atoms with E-state index in [2.05, 4.69) is 232 Å². The number of anilines is 3. The Kier molecular flexibility index (Phi) is 7.16. The average Bonchev–Trinajstić information content (AvgIpc) is 3.94. The van der Waals surface area contributed by atoms with Crippen molar-refractivity contribution < 1.29 is 4.74 Å². The summed E-state index contributed by atoms with van der Waals surface area (Å²) in [5, 5.41) is 13.2. The van der Waals surface area contributed by atoms with Crippen LogP contribution in [0.4, 0.5) is 17.1 Å². The van der Waals surface area contributed by atoms with E-state index < -0.39 is 0 Å². The summed E-state index contributed by atoms with van der Waals surface area (Å²) < 4.78 is 11.9. The van der Waals surface area contributed by atoms with Gasteiger partial charge in [0.25, 0.3) is 0 Å². The Morgan fingerprint density at radius 3 is 1.64 bits per heavy atom. The van der Waals surface area contributed by atoms with Crippen molar-refractivity contribution in [1.29, 1.82) is 0 Å². The third-order valence-corrected chi connectivity index (χ3v) is 14.0. The molecule has 0 aliphatic carbocycles. The molecule has 0 amide bonds. The number of benzene rings is 11. The first-order valence-electron chi connectivity index (χ1n) is 22.5. The molecular formula is C61H36N4O. The summed E-state index contributed by atoms with van der Waals surface area (Å²) in [6, 6.07) is 79.0. The summed E-state index contributed by atoms with van der Waals surface area (Å²) in [6.45, 7) is 0.